The van der Waals surface area contributed by atoms with Crippen molar-refractivity contribution in [2.24, 2.45) is 0 Å². The number of rotatable bonds is 8. The van der Waals surface area contributed by atoms with Crippen LogP contribution in [0, 0.1) is 0 Å². The summed E-state index contributed by atoms with van der Waals surface area (Å²) in [4.78, 5) is 12.4. The molecule has 3 N–H and O–H groups in total. The molecule has 0 radical (unpaired) electrons. The molecule has 0 spiro atoms. The molecule has 2 fully saturated rings. The highest BCUT2D eigenvalue weighted by atomic mass is 32.2. The number of anilines is 1. The second-order valence-electron chi connectivity index (χ2n) is 7.56. The van der Waals surface area contributed by atoms with E-state index in [0.29, 0.717) is 17.9 Å². The van der Waals surface area contributed by atoms with Gasteiger partial charge in [0.1, 0.15) is 5.75 Å². The average Bonchev–Trinajstić information content (AvgIpc) is 3.35. The molecule has 156 valence electrons. The maximum absolute atomic E-state index is 12.4. The number of methoxy groups -OCH3 is 1. The smallest absolute Gasteiger partial charge is 0.240 e. The number of carbonyl (C=O) groups excluding carboxylic acids is 1. The molecular weight excluding hydrogens is 406 g/mol. The van der Waals surface area contributed by atoms with Gasteiger partial charge in [0.25, 0.3) is 0 Å². The van der Waals surface area contributed by atoms with E-state index in [2.05, 4.69) is 15.4 Å². The van der Waals surface area contributed by atoms with E-state index in [1.807, 2.05) is 0 Å². The molecule has 1 aromatic carbocycles. The molecule has 3 rings (SSSR count). The zero-order chi connectivity index (χ0) is 20.6. The van der Waals surface area contributed by atoms with E-state index in [4.69, 9.17) is 4.74 Å². The Labute approximate surface area is 165 Å². The molecule has 1 aromatic rings. The van der Waals surface area contributed by atoms with Crippen molar-refractivity contribution in [3.63, 3.8) is 0 Å². The van der Waals surface area contributed by atoms with Crippen molar-refractivity contribution in [2.75, 3.05) is 30.5 Å². The molecule has 11 heteroatoms. The van der Waals surface area contributed by atoms with E-state index < -0.39 is 25.4 Å². The van der Waals surface area contributed by atoms with Gasteiger partial charge in [-0.1, -0.05) is 0 Å². The highest BCUT2D eigenvalue weighted by molar-refractivity contribution is 7.91. The summed E-state index contributed by atoms with van der Waals surface area (Å²) in [6.07, 6.45) is 2.02. The first-order valence-corrected chi connectivity index (χ1v) is 12.3. The lowest BCUT2D eigenvalue weighted by Gasteiger charge is -2.24. The average molecular weight is 432 g/mol. The largest absolute Gasteiger partial charge is 0.495 e. The molecule has 1 heterocycles. The fourth-order valence-corrected chi connectivity index (χ4v) is 6.57. The molecule has 1 aliphatic heterocycles. The number of carbonyl (C=O) groups is 1. The van der Waals surface area contributed by atoms with Gasteiger partial charge in [-0.05, 0) is 44.4 Å². The molecule has 0 aromatic heterocycles. The fraction of sp³-hybridized carbons (Fsp3) is 0.588. The molecular formula is C17H25N3O6S2. The molecule has 1 atom stereocenters. The van der Waals surface area contributed by atoms with Gasteiger partial charge in [-0.2, -0.15) is 0 Å². The van der Waals surface area contributed by atoms with E-state index in [-0.39, 0.29) is 34.9 Å². The van der Waals surface area contributed by atoms with Crippen molar-refractivity contribution in [1.29, 1.82) is 0 Å². The highest BCUT2D eigenvalue weighted by Gasteiger charge is 2.39. The molecule has 1 amide bonds. The Morgan fingerprint density at radius 1 is 1.32 bits per heavy atom. The zero-order valence-electron chi connectivity index (χ0n) is 15.8. The Hall–Kier alpha value is -1.85. The van der Waals surface area contributed by atoms with Gasteiger partial charge < -0.3 is 15.4 Å². The van der Waals surface area contributed by atoms with Gasteiger partial charge in [0, 0.05) is 6.04 Å². The summed E-state index contributed by atoms with van der Waals surface area (Å²) >= 11 is 0. The Morgan fingerprint density at radius 2 is 2.04 bits per heavy atom. The number of sulfone groups is 1. The van der Waals surface area contributed by atoms with Crippen molar-refractivity contribution < 1.29 is 26.4 Å². The lowest BCUT2D eigenvalue weighted by molar-refractivity contribution is -0.120. The summed E-state index contributed by atoms with van der Waals surface area (Å²) < 4.78 is 55.9. The quantitative estimate of drug-likeness (QED) is 0.537. The number of amides is 1. The van der Waals surface area contributed by atoms with Gasteiger partial charge in [-0.15, -0.1) is 0 Å². The third kappa shape index (κ3) is 5.15. The lowest BCUT2D eigenvalue weighted by atomic mass is 10.0. The predicted octanol–water partition coefficient (Wildman–Crippen LogP) is 0.241. The molecule has 1 aliphatic carbocycles. The number of hydrogen-bond acceptors (Lipinski definition) is 7. The van der Waals surface area contributed by atoms with Gasteiger partial charge in [-0.25, -0.2) is 21.6 Å². The van der Waals surface area contributed by atoms with Crippen molar-refractivity contribution >= 4 is 31.5 Å². The van der Waals surface area contributed by atoms with Crippen molar-refractivity contribution in [3.05, 3.63) is 18.2 Å². The normalized spacial score (nSPS) is 23.9. The SMILES string of the molecule is COc1ccc(S(=O)(=O)NC2CC2)cc1NCC(=O)NC1(C)CCS(=O)(=O)C1. The summed E-state index contributed by atoms with van der Waals surface area (Å²) in [5.74, 6) is -0.0204. The van der Waals surface area contributed by atoms with Crippen LogP contribution in [0.3, 0.4) is 0 Å². The minimum absolute atomic E-state index is 0.0160. The van der Waals surface area contributed by atoms with Crippen molar-refractivity contribution in [1.82, 2.24) is 10.0 Å². The second kappa shape index (κ2) is 7.53. The van der Waals surface area contributed by atoms with Crippen LogP contribution in [0.15, 0.2) is 23.1 Å². The number of hydrogen-bond donors (Lipinski definition) is 3. The third-order valence-corrected chi connectivity index (χ3v) is 8.19. The highest BCUT2D eigenvalue weighted by Crippen LogP contribution is 2.29. The number of sulfonamides is 1. The van der Waals surface area contributed by atoms with E-state index in [1.54, 1.807) is 6.92 Å². The number of benzene rings is 1. The molecule has 2 aliphatic rings. The Bertz CT molecular complexity index is 973. The van der Waals surface area contributed by atoms with Crippen LogP contribution in [0.2, 0.25) is 0 Å². The standard InChI is InChI=1S/C17H25N3O6S2/c1-17(7-8-27(22,23)11-17)19-16(21)10-18-14-9-13(5-6-15(14)26-2)28(24,25)20-12-3-4-12/h5-6,9,12,18,20H,3-4,7-8,10-11H2,1-2H3,(H,19,21). The molecule has 1 saturated heterocycles. The van der Waals surface area contributed by atoms with Crippen molar-refractivity contribution in [3.8, 4) is 5.75 Å². The van der Waals surface area contributed by atoms with Crippen LogP contribution in [0.25, 0.3) is 0 Å². The first-order chi connectivity index (χ1) is 13.0. The summed E-state index contributed by atoms with van der Waals surface area (Å²) in [7, 11) is -5.32. The van der Waals surface area contributed by atoms with Crippen LogP contribution in [0.4, 0.5) is 5.69 Å². The van der Waals surface area contributed by atoms with E-state index in [0.717, 1.165) is 12.8 Å². The maximum atomic E-state index is 12.4. The van der Waals surface area contributed by atoms with Gasteiger partial charge in [0.2, 0.25) is 15.9 Å². The van der Waals surface area contributed by atoms with Gasteiger partial charge >= 0.3 is 0 Å². The second-order valence-corrected chi connectivity index (χ2v) is 11.5. The summed E-state index contributed by atoms with van der Waals surface area (Å²) in [6.45, 7) is 1.55. The summed E-state index contributed by atoms with van der Waals surface area (Å²) in [5, 5.41) is 5.62. The zero-order valence-corrected chi connectivity index (χ0v) is 17.5. The van der Waals surface area contributed by atoms with E-state index in [9.17, 15) is 21.6 Å². The van der Waals surface area contributed by atoms with Gasteiger partial charge in [-0.3, -0.25) is 4.79 Å². The van der Waals surface area contributed by atoms with Crippen molar-refractivity contribution in [2.45, 2.75) is 42.7 Å². The fourth-order valence-electron chi connectivity index (χ4n) is 3.15. The molecule has 9 nitrogen and oxygen atoms in total. The van der Waals surface area contributed by atoms with Crippen LogP contribution in [0.1, 0.15) is 26.2 Å². The minimum atomic E-state index is -3.64. The molecule has 1 saturated carbocycles. The third-order valence-electron chi connectivity index (χ3n) is 4.76. The summed E-state index contributed by atoms with van der Waals surface area (Å²) in [5.41, 5.74) is -0.429. The van der Waals surface area contributed by atoms with Crippen LogP contribution in [-0.2, 0) is 24.7 Å². The Kier molecular flexibility index (Phi) is 5.61. The van der Waals surface area contributed by atoms with Gasteiger partial charge in [0.05, 0.1) is 41.3 Å². The lowest BCUT2D eigenvalue weighted by Crippen LogP contribution is -2.48. The maximum Gasteiger partial charge on any atom is 0.240 e. The molecule has 1 unspecified atom stereocenters. The first-order valence-electron chi connectivity index (χ1n) is 8.98. The monoisotopic (exact) mass is 431 g/mol. The number of nitrogens with one attached hydrogen (secondary N) is 3. The summed E-state index contributed by atoms with van der Waals surface area (Å²) in [6, 6.07) is 4.36. The first kappa shape index (κ1) is 20.9. The van der Waals surface area contributed by atoms with Crippen LogP contribution in [-0.4, -0.2) is 59.5 Å². The molecule has 28 heavy (non-hydrogen) atoms. The van der Waals surface area contributed by atoms with Crippen LogP contribution < -0.4 is 20.1 Å². The number of ether oxygens (including phenoxy) is 1. The van der Waals surface area contributed by atoms with Crippen LogP contribution in [0.5, 0.6) is 5.75 Å². The van der Waals surface area contributed by atoms with Crippen LogP contribution >= 0.6 is 0 Å². The molecule has 0 bridgehead atoms. The topological polar surface area (TPSA) is 131 Å². The van der Waals surface area contributed by atoms with E-state index in [1.165, 1.54) is 25.3 Å². The minimum Gasteiger partial charge on any atom is -0.495 e. The Balaban J connectivity index is 1.67. The van der Waals surface area contributed by atoms with E-state index >= 15 is 0 Å². The van der Waals surface area contributed by atoms with Gasteiger partial charge in [0.15, 0.2) is 9.84 Å². The Morgan fingerprint density at radius 3 is 2.61 bits per heavy atom. The predicted molar refractivity (Wildman–Crippen MR) is 105 cm³/mol.